The van der Waals surface area contributed by atoms with Crippen LogP contribution in [0.4, 0.5) is 11.6 Å². The molecule has 0 aliphatic rings. The SMILES string of the molecule is [C-]#[N+]c1ncn(-c2cccc(Oc3cccc(-n4cnc(C#N)c4C#N)n3)n2)c1[N+]#[C-]. The van der Waals surface area contributed by atoms with E-state index in [2.05, 4.69) is 29.6 Å². The highest BCUT2D eigenvalue weighted by atomic mass is 16.5. The van der Waals surface area contributed by atoms with Crippen molar-refractivity contribution in [3.63, 3.8) is 0 Å². The highest BCUT2D eigenvalue weighted by Crippen LogP contribution is 2.29. The van der Waals surface area contributed by atoms with Gasteiger partial charge < -0.3 is 14.4 Å². The molecule has 0 amide bonds. The first-order valence-electron chi connectivity index (χ1n) is 8.51. The van der Waals surface area contributed by atoms with Crippen LogP contribution in [0.1, 0.15) is 11.4 Å². The molecule has 144 valence electrons. The van der Waals surface area contributed by atoms with E-state index in [0.717, 1.165) is 0 Å². The lowest BCUT2D eigenvalue weighted by Crippen LogP contribution is -2.01. The normalized spacial score (nSPS) is 9.81. The van der Waals surface area contributed by atoms with Crippen LogP contribution in [-0.4, -0.2) is 29.1 Å². The summed E-state index contributed by atoms with van der Waals surface area (Å²) in [5, 5.41) is 18.4. The molecule has 4 rings (SSSR count). The Kier molecular flexibility index (Phi) is 4.76. The number of hydrogen-bond acceptors (Lipinski definition) is 7. The summed E-state index contributed by atoms with van der Waals surface area (Å²) in [6.07, 6.45) is 2.68. The fourth-order valence-electron chi connectivity index (χ4n) is 2.69. The first-order valence-corrected chi connectivity index (χ1v) is 8.51. The Morgan fingerprint density at radius 1 is 0.839 bits per heavy atom. The van der Waals surface area contributed by atoms with Crippen molar-refractivity contribution in [2.75, 3.05) is 0 Å². The minimum absolute atomic E-state index is 0.000262. The summed E-state index contributed by atoms with van der Waals surface area (Å²) < 4.78 is 8.52. The fraction of sp³-hybridized carbons (Fsp3) is 0. The van der Waals surface area contributed by atoms with Crippen LogP contribution in [0.25, 0.3) is 21.3 Å². The van der Waals surface area contributed by atoms with Gasteiger partial charge in [0.05, 0.1) is 0 Å². The molecule has 0 radical (unpaired) electrons. The first-order chi connectivity index (χ1) is 15.2. The molecule has 0 saturated heterocycles. The molecule has 0 bridgehead atoms. The van der Waals surface area contributed by atoms with E-state index in [1.165, 1.54) is 21.8 Å². The number of ether oxygens (including phenoxy) is 1. The van der Waals surface area contributed by atoms with Gasteiger partial charge in [-0.25, -0.2) is 9.55 Å². The molecule has 0 aliphatic carbocycles. The molecule has 4 aromatic rings. The van der Waals surface area contributed by atoms with Crippen LogP contribution >= 0.6 is 0 Å². The number of pyridine rings is 2. The third-order valence-electron chi connectivity index (χ3n) is 4.04. The maximum Gasteiger partial charge on any atom is 0.293 e. The number of aromatic nitrogens is 6. The zero-order chi connectivity index (χ0) is 21.8. The quantitative estimate of drug-likeness (QED) is 0.476. The molecule has 4 aromatic heterocycles. The summed E-state index contributed by atoms with van der Waals surface area (Å²) in [5.74, 6) is 1.11. The third-order valence-corrected chi connectivity index (χ3v) is 4.04. The van der Waals surface area contributed by atoms with Crippen LogP contribution < -0.4 is 4.74 Å². The number of imidazole rings is 2. The van der Waals surface area contributed by atoms with Crippen molar-refractivity contribution in [1.29, 1.82) is 10.5 Å². The predicted molar refractivity (Wildman–Crippen MR) is 105 cm³/mol. The average molecular weight is 404 g/mol. The van der Waals surface area contributed by atoms with Crippen molar-refractivity contribution in [2.45, 2.75) is 0 Å². The Morgan fingerprint density at radius 2 is 1.48 bits per heavy atom. The molecule has 0 aromatic carbocycles. The van der Waals surface area contributed by atoms with Gasteiger partial charge in [-0.15, -0.1) is 0 Å². The van der Waals surface area contributed by atoms with E-state index in [1.54, 1.807) is 36.4 Å². The summed E-state index contributed by atoms with van der Waals surface area (Å²) in [4.78, 5) is 23.1. The Balaban J connectivity index is 1.67. The summed E-state index contributed by atoms with van der Waals surface area (Å²) in [7, 11) is 0. The number of hydrogen-bond donors (Lipinski definition) is 0. The van der Waals surface area contributed by atoms with E-state index in [9.17, 15) is 5.26 Å². The molecule has 0 saturated carbocycles. The van der Waals surface area contributed by atoms with Crippen molar-refractivity contribution in [2.24, 2.45) is 0 Å². The van der Waals surface area contributed by atoms with Crippen LogP contribution in [0.2, 0.25) is 0 Å². The van der Waals surface area contributed by atoms with Gasteiger partial charge in [0.25, 0.3) is 18.0 Å². The Morgan fingerprint density at radius 3 is 2.06 bits per heavy atom. The number of nitriles is 2. The summed E-state index contributed by atoms with van der Waals surface area (Å²) in [6, 6.07) is 13.6. The van der Waals surface area contributed by atoms with Crippen molar-refractivity contribution in [1.82, 2.24) is 29.1 Å². The Bertz CT molecular complexity index is 1360. The molecule has 0 fully saturated rings. The highest BCUT2D eigenvalue weighted by Gasteiger charge is 2.17. The second-order valence-electron chi connectivity index (χ2n) is 5.79. The van der Waals surface area contributed by atoms with Crippen molar-refractivity contribution >= 4 is 11.6 Å². The Labute approximate surface area is 175 Å². The second kappa shape index (κ2) is 7.84. The van der Waals surface area contributed by atoms with Gasteiger partial charge in [0.15, 0.2) is 11.4 Å². The molecule has 31 heavy (non-hydrogen) atoms. The molecule has 0 aliphatic heterocycles. The molecular formula is C20H8N10O. The lowest BCUT2D eigenvalue weighted by Gasteiger charge is -2.08. The molecule has 11 heteroatoms. The predicted octanol–water partition coefficient (Wildman–Crippen LogP) is 3.49. The maximum atomic E-state index is 9.31. The Hall–Kier alpha value is -5.52. The summed E-state index contributed by atoms with van der Waals surface area (Å²) in [5.41, 5.74) is 0.0642. The lowest BCUT2D eigenvalue weighted by molar-refractivity contribution is 0.443. The lowest BCUT2D eigenvalue weighted by atomic mass is 10.3. The van der Waals surface area contributed by atoms with E-state index >= 15 is 0 Å². The van der Waals surface area contributed by atoms with E-state index in [4.69, 9.17) is 23.1 Å². The van der Waals surface area contributed by atoms with Crippen LogP contribution in [-0.2, 0) is 0 Å². The number of rotatable bonds is 4. The van der Waals surface area contributed by atoms with E-state index < -0.39 is 0 Å². The van der Waals surface area contributed by atoms with Crippen LogP contribution in [0.15, 0.2) is 49.1 Å². The van der Waals surface area contributed by atoms with Crippen LogP contribution in [0, 0.1) is 35.8 Å². The van der Waals surface area contributed by atoms with Crippen LogP contribution in [0.3, 0.4) is 0 Å². The molecule has 0 spiro atoms. The minimum atomic E-state index is -0.0112. The molecular weight excluding hydrogens is 396 g/mol. The summed E-state index contributed by atoms with van der Waals surface area (Å²) >= 11 is 0. The molecule has 4 heterocycles. The number of nitrogens with zero attached hydrogens (tertiary/aromatic N) is 10. The topological polar surface area (TPSA) is 127 Å². The zero-order valence-corrected chi connectivity index (χ0v) is 15.5. The first kappa shape index (κ1) is 18.8. The fourth-order valence-corrected chi connectivity index (χ4v) is 2.69. The molecule has 11 nitrogen and oxygen atoms in total. The van der Waals surface area contributed by atoms with E-state index in [-0.39, 0.29) is 34.8 Å². The van der Waals surface area contributed by atoms with Gasteiger partial charge in [-0.1, -0.05) is 30.3 Å². The van der Waals surface area contributed by atoms with E-state index in [0.29, 0.717) is 11.6 Å². The average Bonchev–Trinajstić information content (AvgIpc) is 3.42. The van der Waals surface area contributed by atoms with Gasteiger partial charge in [0.1, 0.15) is 24.3 Å². The molecule has 0 unspecified atom stereocenters. The van der Waals surface area contributed by atoms with Crippen molar-refractivity contribution in [3.8, 4) is 35.5 Å². The van der Waals surface area contributed by atoms with Gasteiger partial charge in [0, 0.05) is 18.2 Å². The van der Waals surface area contributed by atoms with Gasteiger partial charge in [-0.05, 0) is 6.07 Å². The van der Waals surface area contributed by atoms with Gasteiger partial charge in [-0.2, -0.15) is 20.5 Å². The van der Waals surface area contributed by atoms with Crippen LogP contribution in [0.5, 0.6) is 11.8 Å². The molecule has 0 N–H and O–H groups in total. The van der Waals surface area contributed by atoms with Gasteiger partial charge in [0.2, 0.25) is 17.6 Å². The van der Waals surface area contributed by atoms with E-state index in [1.807, 2.05) is 12.1 Å². The second-order valence-corrected chi connectivity index (χ2v) is 5.79. The third kappa shape index (κ3) is 3.38. The largest absolute Gasteiger partial charge is 0.421 e. The maximum absolute atomic E-state index is 9.31. The monoisotopic (exact) mass is 404 g/mol. The zero-order valence-electron chi connectivity index (χ0n) is 15.5. The molecule has 0 atom stereocenters. The van der Waals surface area contributed by atoms with Crippen molar-refractivity contribution in [3.05, 3.63) is 83.3 Å². The minimum Gasteiger partial charge on any atom is -0.421 e. The standard InChI is InChI=1S/C20H8N10O/c1-23-19-20(24-2)30(12-26-19)16-6-4-8-18(28-16)31-17-7-3-5-15(27-17)29-11-25-13(9-21)14(29)10-22/h3-8,11-12H. The summed E-state index contributed by atoms with van der Waals surface area (Å²) in [6.45, 7) is 14.4. The highest BCUT2D eigenvalue weighted by molar-refractivity contribution is 5.64. The smallest absolute Gasteiger partial charge is 0.293 e. The van der Waals surface area contributed by atoms with Gasteiger partial charge >= 0.3 is 0 Å². The van der Waals surface area contributed by atoms with Crippen molar-refractivity contribution < 1.29 is 4.74 Å². The van der Waals surface area contributed by atoms with Gasteiger partial charge in [-0.3, -0.25) is 4.57 Å².